The highest BCUT2D eigenvalue weighted by atomic mass is 32.1. The molecule has 3 aliphatic rings. The van der Waals surface area contributed by atoms with Crippen LogP contribution in [0.4, 0.5) is 17.5 Å². The molecule has 3 aliphatic heterocycles. The van der Waals surface area contributed by atoms with Crippen molar-refractivity contribution in [3.63, 3.8) is 0 Å². The van der Waals surface area contributed by atoms with Gasteiger partial charge >= 0.3 is 77.6 Å². The molecule has 0 spiro atoms. The molecular formula is C80H122N12O35S3. The summed E-state index contributed by atoms with van der Waals surface area (Å²) in [7, 11) is 0. The van der Waals surface area contributed by atoms with Crippen LogP contribution in [-0.2, 0) is 153 Å². The van der Waals surface area contributed by atoms with E-state index in [1.807, 2.05) is 14.7 Å². The van der Waals surface area contributed by atoms with Gasteiger partial charge in [-0.05, 0) is 125 Å². The molecule has 47 nitrogen and oxygen atoms in total. The summed E-state index contributed by atoms with van der Waals surface area (Å²) in [5, 5.41) is 0. The van der Waals surface area contributed by atoms with Gasteiger partial charge < -0.3 is 119 Å². The van der Waals surface area contributed by atoms with Crippen molar-refractivity contribution in [2.24, 2.45) is 0 Å². The maximum absolute atomic E-state index is 13.9. The van der Waals surface area contributed by atoms with Crippen LogP contribution in [0.1, 0.15) is 166 Å². The normalized spacial score (nSPS) is 16.1. The maximum Gasteiger partial charge on any atom is 0.347 e. The van der Waals surface area contributed by atoms with Crippen molar-refractivity contribution >= 4 is 148 Å². The Morgan fingerprint density at radius 1 is 0.308 bits per heavy atom. The second kappa shape index (κ2) is 53.3. The van der Waals surface area contributed by atoms with Crippen LogP contribution < -0.4 is 28.9 Å². The third-order valence-corrected chi connectivity index (χ3v) is 19.6. The predicted octanol–water partition coefficient (Wildman–Crippen LogP) is 2.93. The second-order valence-electron chi connectivity index (χ2n) is 32.4. The summed E-state index contributed by atoms with van der Waals surface area (Å²) in [5.41, 5.74) is -2.41. The minimum absolute atomic E-state index is 0.0768. The Hall–Kier alpha value is -11.1. The molecule has 50 heteroatoms. The number of rotatable bonds is 41. The fourth-order valence-electron chi connectivity index (χ4n) is 11.6. The van der Waals surface area contributed by atoms with Crippen LogP contribution in [0, 0.1) is 0 Å². The number of nitrogens with zero attached hydrogens (tertiary/aromatic N) is 12. The van der Waals surface area contributed by atoms with E-state index in [-0.39, 0.29) is 57.1 Å². The Balaban J connectivity index is 0.000000425. The van der Waals surface area contributed by atoms with Crippen LogP contribution in [0.15, 0.2) is 0 Å². The number of esters is 13. The van der Waals surface area contributed by atoms with Crippen molar-refractivity contribution in [2.45, 2.75) is 256 Å². The largest absolute Gasteiger partial charge is 0.470 e. The average molecular weight is 1910 g/mol. The van der Waals surface area contributed by atoms with E-state index in [1.165, 1.54) is 105 Å². The number of anilines is 3. The molecule has 3 aromatic heterocycles. The SMILES string of the molecule is CC(=O)OC(C)C(=O)OC(C)C(=O)OC(C)C(=O)O[C@H](COc1nsnc1N1CCOCC1)CN(C(=O)C(C)OC(=O)C(C)OC(=O)C(C)OC(C)=O)C(C)(C)C.CC(=O)OC(C)C(=O)O[C@H](COc1nsnc1N1CCOCC1)CN(C(=O)C(C)OC(C)=O)C(C)(C)C.CC(=O)OCC(=O)N(C[C@@H](COc1nsnc1N1CCOCC1)OC(=O)C(C)OC(C)=O)C(C)(C)C. The average Bonchev–Trinajstić information content (AvgIpc) is 0.844. The second-order valence-corrected chi connectivity index (χ2v) is 33.9. The summed E-state index contributed by atoms with van der Waals surface area (Å²) < 4.78 is 126. The topological polar surface area (TPSA) is 545 Å². The lowest BCUT2D eigenvalue weighted by atomic mass is 10.0. The zero-order valence-electron chi connectivity index (χ0n) is 77.7. The third kappa shape index (κ3) is 38.9. The monoisotopic (exact) mass is 1910 g/mol. The highest BCUT2D eigenvalue weighted by Gasteiger charge is 2.41. The summed E-state index contributed by atoms with van der Waals surface area (Å²) >= 11 is 2.86. The molecular weight excluding hydrogens is 1790 g/mol. The Labute approximate surface area is 765 Å². The van der Waals surface area contributed by atoms with Gasteiger partial charge in [-0.1, -0.05) is 0 Å². The van der Waals surface area contributed by atoms with Crippen molar-refractivity contribution in [2.75, 3.05) is 140 Å². The van der Waals surface area contributed by atoms with Gasteiger partial charge in [0, 0.05) is 97.4 Å². The fourth-order valence-corrected chi connectivity index (χ4v) is 13.1. The van der Waals surface area contributed by atoms with Gasteiger partial charge in [0.15, 0.2) is 79.9 Å². The molecule has 730 valence electrons. The lowest BCUT2D eigenvalue weighted by Gasteiger charge is -2.39. The molecule has 6 heterocycles. The van der Waals surface area contributed by atoms with E-state index in [1.54, 1.807) is 62.3 Å². The molecule has 0 bridgehead atoms. The van der Waals surface area contributed by atoms with E-state index in [2.05, 4.69) is 26.2 Å². The summed E-state index contributed by atoms with van der Waals surface area (Å²) in [6.07, 6.45) is -15.1. The van der Waals surface area contributed by atoms with E-state index in [0.717, 1.165) is 49.0 Å². The number of morpholine rings is 3. The van der Waals surface area contributed by atoms with Gasteiger partial charge in [-0.2, -0.15) is 13.1 Å². The number of hydrogen-bond acceptors (Lipinski definition) is 47. The van der Waals surface area contributed by atoms with Crippen LogP contribution in [0.3, 0.4) is 0 Å². The molecule has 3 amide bonds. The van der Waals surface area contributed by atoms with Crippen molar-refractivity contribution in [3.05, 3.63) is 0 Å². The Kier molecular flexibility index (Phi) is 45.6. The lowest BCUT2D eigenvalue weighted by Crippen LogP contribution is -2.54. The van der Waals surface area contributed by atoms with Gasteiger partial charge in [0.25, 0.3) is 35.4 Å². The summed E-state index contributed by atoms with van der Waals surface area (Å²) in [6.45, 7) is 39.4. The van der Waals surface area contributed by atoms with E-state index in [9.17, 15) is 76.7 Å². The summed E-state index contributed by atoms with van der Waals surface area (Å²) in [6, 6.07) is 0. The molecule has 3 aromatic rings. The third-order valence-electron chi connectivity index (χ3n) is 18.0. The van der Waals surface area contributed by atoms with Crippen LogP contribution in [0.2, 0.25) is 0 Å². The van der Waals surface area contributed by atoms with E-state index in [4.69, 9.17) is 90.0 Å². The number of hydrogen-bond donors (Lipinski definition) is 0. The highest BCUT2D eigenvalue weighted by Crippen LogP contribution is 2.32. The molecule has 12 atom stereocenters. The van der Waals surface area contributed by atoms with E-state index < -0.39 is 192 Å². The highest BCUT2D eigenvalue weighted by molar-refractivity contribution is 7.00. The summed E-state index contributed by atoms with van der Waals surface area (Å²) in [4.78, 5) is 206. The van der Waals surface area contributed by atoms with Gasteiger partial charge in [-0.3, -0.25) is 43.2 Å². The number of amides is 3. The number of ether oxygens (including phenoxy) is 19. The molecule has 130 heavy (non-hydrogen) atoms. The standard InChI is InChI=1S/C35H52N4O17S.C23H36N4O9S.C22H34N4O9S/c1-18(52-32(45)21(4)53-30(43)19(2)50-24(7)40)29(42)39(35(9,10)11)16-26(17-49-28-27(36-57-37-28)38-12-14-48-15-13-38)56-34(47)23(6)55-33(46)22(5)54-31(44)20(3)51-25(8)41;1-14(34-16(3)28)21(30)27(23(5,6)7)12-18(36-22(31)15(2)35-17(4)29)13-33-20-19(24-37-25-20)26-8-10-32-11-9-26;1-14(34-16(3)28)21(30)35-17(11-26(22(4,5)6)18(29)13-32-15(2)27)12-33-20-19(23-36-24-20)25-7-9-31-10-8-25/h18-23,26H,12-17H2,1-11H3;14-15,18H,8-13H2,1-7H3;14,17H,7-13H2,1-6H3/t18?,19?,20?,21?,22?,23?,26-;14?,15?,18-;14?,17-/m000/s1. The van der Waals surface area contributed by atoms with Crippen molar-refractivity contribution < 1.29 is 167 Å². The first kappa shape index (κ1) is 111. The van der Waals surface area contributed by atoms with E-state index >= 15 is 0 Å². The molecule has 0 saturated carbocycles. The minimum Gasteiger partial charge on any atom is -0.470 e. The molecule has 0 radical (unpaired) electrons. The first-order valence-corrected chi connectivity index (χ1v) is 43.6. The molecule has 0 aliphatic carbocycles. The van der Waals surface area contributed by atoms with Crippen LogP contribution >= 0.6 is 35.2 Å². The first-order valence-electron chi connectivity index (χ1n) is 41.4. The minimum atomic E-state index is -1.55. The van der Waals surface area contributed by atoms with Crippen molar-refractivity contribution in [1.82, 2.24) is 40.9 Å². The molecule has 0 N–H and O–H groups in total. The molecule has 3 fully saturated rings. The number of carbonyl (C=O) groups excluding carboxylic acids is 16. The van der Waals surface area contributed by atoms with Crippen molar-refractivity contribution in [1.29, 1.82) is 0 Å². The lowest BCUT2D eigenvalue weighted by molar-refractivity contribution is -0.184. The predicted molar refractivity (Wildman–Crippen MR) is 454 cm³/mol. The Morgan fingerprint density at radius 2 is 0.523 bits per heavy atom. The molecule has 6 rings (SSSR count). The maximum atomic E-state index is 13.9. The quantitative estimate of drug-likeness (QED) is 0.0582. The fraction of sp³-hybridized carbons (Fsp3) is 0.725. The van der Waals surface area contributed by atoms with Gasteiger partial charge in [-0.25, -0.2) is 33.6 Å². The molecule has 0 aromatic carbocycles. The Bertz CT molecular complexity index is 4260. The van der Waals surface area contributed by atoms with Crippen LogP contribution in [-0.4, -0.2) is 351 Å². The van der Waals surface area contributed by atoms with Gasteiger partial charge in [0.1, 0.15) is 19.8 Å². The summed E-state index contributed by atoms with van der Waals surface area (Å²) in [5.74, 6) is -10.3. The smallest absolute Gasteiger partial charge is 0.347 e. The zero-order valence-corrected chi connectivity index (χ0v) is 80.2. The van der Waals surface area contributed by atoms with Gasteiger partial charge in [0.05, 0.1) is 94.5 Å². The van der Waals surface area contributed by atoms with Crippen LogP contribution in [0.5, 0.6) is 17.6 Å². The van der Waals surface area contributed by atoms with E-state index in [0.29, 0.717) is 96.4 Å². The van der Waals surface area contributed by atoms with Crippen molar-refractivity contribution in [3.8, 4) is 17.6 Å². The number of aromatic nitrogens is 6. The molecule has 3 saturated heterocycles. The van der Waals surface area contributed by atoms with Crippen LogP contribution in [0.25, 0.3) is 0 Å². The van der Waals surface area contributed by atoms with Gasteiger partial charge in [0.2, 0.25) is 17.5 Å². The zero-order chi connectivity index (χ0) is 97.8. The first-order chi connectivity index (χ1) is 60.7. The Morgan fingerprint density at radius 3 is 0.762 bits per heavy atom. The number of carbonyl (C=O) groups is 16. The van der Waals surface area contributed by atoms with Gasteiger partial charge in [-0.15, -0.1) is 13.1 Å². The molecule has 9 unspecified atom stereocenters.